The number of hydrogen-bond donors (Lipinski definition) is 2. The maximum atomic E-state index is 12.3. The quantitative estimate of drug-likeness (QED) is 0.0414. The molecule has 0 aliphatic carbocycles. The van der Waals surface area contributed by atoms with Crippen molar-refractivity contribution in [3.05, 3.63) is 95.8 Å². The maximum absolute atomic E-state index is 12.3. The molecule has 0 fully saturated rings. The van der Waals surface area contributed by atoms with E-state index in [1.807, 2.05) is 17.9 Å². The molecule has 2 aliphatic rings. The summed E-state index contributed by atoms with van der Waals surface area (Å²) < 4.78 is 170. The van der Waals surface area contributed by atoms with E-state index in [0.717, 1.165) is 11.8 Å². The summed E-state index contributed by atoms with van der Waals surface area (Å²) in [4.78, 5) is 12.3. The number of allylic oxidation sites excluding steroid dienone is 8. The van der Waals surface area contributed by atoms with Gasteiger partial charge in [0.15, 0.2) is 5.71 Å². The van der Waals surface area contributed by atoms with Crippen molar-refractivity contribution >= 4 is 63.5 Å². The Morgan fingerprint density at radius 3 is 1.79 bits per heavy atom. The number of aliphatic carboxylic acids is 1. The first-order chi connectivity index (χ1) is 34.3. The van der Waals surface area contributed by atoms with Crippen LogP contribution in [0.5, 0.6) is 0 Å². The molecule has 0 saturated heterocycles. The molecule has 0 spiro atoms. The Kier molecular flexibility index (Phi) is 23.6. The topological polar surface area (TPSA) is 316 Å². The Morgan fingerprint density at radius 2 is 1.22 bits per heavy atom. The van der Waals surface area contributed by atoms with E-state index in [9.17, 15) is 61.8 Å². The van der Waals surface area contributed by atoms with E-state index in [2.05, 4.69) is 0 Å². The van der Waals surface area contributed by atoms with Gasteiger partial charge in [-0.05, 0) is 87.9 Å². The van der Waals surface area contributed by atoms with Crippen LogP contribution in [-0.4, -0.2) is 164 Å². The molecule has 0 radical (unpaired) electrons. The average molecular weight is 1100 g/mol. The second kappa shape index (κ2) is 28.1. The molecule has 25 heteroatoms. The number of hydrogen-bond acceptors (Lipinski definition) is 18. The van der Waals surface area contributed by atoms with Crippen LogP contribution in [0, 0.1) is 0 Å². The fourth-order valence-electron chi connectivity index (χ4n) is 8.78. The van der Waals surface area contributed by atoms with Gasteiger partial charge in [-0.15, -0.1) is 0 Å². The van der Waals surface area contributed by atoms with Crippen molar-refractivity contribution in [3.8, 4) is 0 Å². The summed E-state index contributed by atoms with van der Waals surface area (Å²) in [6, 6.07) is 7.92. The number of methoxy groups -OCH3 is 1. The van der Waals surface area contributed by atoms with E-state index in [0.29, 0.717) is 100 Å². The van der Waals surface area contributed by atoms with Crippen LogP contribution in [0.25, 0.3) is 0 Å². The molecule has 4 rings (SSSR count). The number of ether oxygens (including phenoxy) is 5. The van der Waals surface area contributed by atoms with Crippen LogP contribution in [0.3, 0.4) is 0 Å². The monoisotopic (exact) mass is 1100 g/mol. The van der Waals surface area contributed by atoms with Crippen LogP contribution in [0.2, 0.25) is 0 Å². The minimum atomic E-state index is -4.94. The molecule has 0 bridgehead atoms. The highest BCUT2D eigenvalue weighted by molar-refractivity contribution is 7.86. The van der Waals surface area contributed by atoms with Gasteiger partial charge in [-0.2, -0.15) is 13.0 Å². The van der Waals surface area contributed by atoms with Crippen molar-refractivity contribution in [2.45, 2.75) is 85.8 Å². The maximum Gasteiger partial charge on any atom is 0.303 e. The molecule has 2 aromatic rings. The van der Waals surface area contributed by atoms with Gasteiger partial charge < -0.3 is 47.3 Å². The van der Waals surface area contributed by atoms with Gasteiger partial charge in [0, 0.05) is 73.4 Å². The lowest BCUT2D eigenvalue weighted by atomic mass is 9.76. The van der Waals surface area contributed by atoms with Crippen LogP contribution >= 0.6 is 0 Å². The zero-order valence-electron chi connectivity index (χ0n) is 41.2. The second-order valence-corrected chi connectivity index (χ2v) is 23.6. The van der Waals surface area contributed by atoms with Gasteiger partial charge in [0.2, 0.25) is 5.69 Å². The predicted octanol–water partition coefficient (Wildman–Crippen LogP) is 4.53. The van der Waals surface area contributed by atoms with Crippen molar-refractivity contribution in [2.75, 3.05) is 96.1 Å². The van der Waals surface area contributed by atoms with E-state index in [1.54, 1.807) is 61.1 Å². The van der Waals surface area contributed by atoms with Crippen molar-refractivity contribution in [1.82, 2.24) is 0 Å². The van der Waals surface area contributed by atoms with E-state index < -0.39 is 78.6 Å². The fraction of sp³-hybridized carbons (Fsp3) is 0.542. The number of carboxylic acid groups (broad SMARTS) is 1. The molecule has 2 N–H and O–H groups in total. The summed E-state index contributed by atoms with van der Waals surface area (Å²) in [7, 11) is -17.2. The summed E-state index contributed by atoms with van der Waals surface area (Å²) in [6.07, 6.45) is 13.7. The third kappa shape index (κ3) is 19.1. The smallest absolute Gasteiger partial charge is 0.303 e. The number of unbranched alkanes of at least 4 members (excludes halogenated alkanes) is 2. The molecule has 73 heavy (non-hydrogen) atoms. The normalized spacial score (nSPS) is 19.1. The van der Waals surface area contributed by atoms with Gasteiger partial charge in [0.25, 0.3) is 10.1 Å². The molecule has 2 aliphatic heterocycles. The van der Waals surface area contributed by atoms with E-state index >= 15 is 0 Å². The SMILES string of the molecule is COCCOCCOCCOCCOCCC1(C)C(=CC=CC=CC=CC2=[N+](CCCS(=O)(=O)O)c3ccc(S(=O)(=O)[O-])cc3C2(C)CCCS(=O)(=O)[O-])N(CCCCCC(=O)O)c2ccc(S(=O)(=O)[O-])cc21. The summed E-state index contributed by atoms with van der Waals surface area (Å²) in [5.41, 5.74) is 1.15. The molecule has 408 valence electrons. The summed E-state index contributed by atoms with van der Waals surface area (Å²) >= 11 is 0. The van der Waals surface area contributed by atoms with E-state index in [-0.39, 0.29) is 52.0 Å². The number of benzene rings is 2. The number of carboxylic acids is 1. The number of rotatable bonds is 35. The third-order valence-corrected chi connectivity index (χ3v) is 15.6. The Bertz CT molecular complexity index is 2810. The number of fused-ring (bicyclic) bond motifs is 2. The van der Waals surface area contributed by atoms with Crippen LogP contribution in [0.4, 0.5) is 11.4 Å². The highest BCUT2D eigenvalue weighted by Gasteiger charge is 2.48. The van der Waals surface area contributed by atoms with Gasteiger partial charge >= 0.3 is 5.97 Å². The molecular formula is C48H66N2O19S4-2. The van der Waals surface area contributed by atoms with E-state index in [1.165, 1.54) is 24.3 Å². The van der Waals surface area contributed by atoms with Crippen molar-refractivity contribution in [3.63, 3.8) is 0 Å². The largest absolute Gasteiger partial charge is 0.748 e. The molecule has 2 heterocycles. The van der Waals surface area contributed by atoms with Crippen molar-refractivity contribution in [1.29, 1.82) is 0 Å². The van der Waals surface area contributed by atoms with Crippen LogP contribution in [0.15, 0.2) is 94.4 Å². The molecule has 2 aromatic carbocycles. The van der Waals surface area contributed by atoms with Gasteiger partial charge in [-0.3, -0.25) is 9.35 Å². The number of carbonyl (C=O) groups is 1. The zero-order valence-corrected chi connectivity index (χ0v) is 44.5. The third-order valence-electron chi connectivity index (χ3n) is 12.4. The Labute approximate surface area is 429 Å². The van der Waals surface area contributed by atoms with Crippen molar-refractivity contribution in [2.24, 2.45) is 0 Å². The molecule has 21 nitrogen and oxygen atoms in total. The van der Waals surface area contributed by atoms with Crippen LogP contribution in [-0.2, 0) is 79.8 Å². The van der Waals surface area contributed by atoms with Gasteiger partial charge in [-0.1, -0.05) is 36.8 Å². The average Bonchev–Trinajstić information content (AvgIpc) is 3.66. The Hall–Kier alpha value is -4.22. The number of anilines is 1. The standard InChI is InChI=1S/C48H68N2O19S4/c1-47(21-12-34-70(53,54)55)40-36-38(72(59,60)61)17-19-42(40)50(24-13-35-71(56,57)58)44(47)14-8-5-4-6-9-15-45-48(2,22-25-66-28-29-68-32-33-69-31-30-67-27-26-65-3)41-37-39(73(62,63)64)18-20-43(41)49(45)23-11-7-10-16-46(51)52/h4-6,8-9,14-15,17-20,36-37H,7,10-13,16,21-35H2,1-3H3,(H4-,51,52,53,54,55,56,57,58,59,60,61,62,63,64)/p-2. The van der Waals surface area contributed by atoms with Gasteiger partial charge in [0.1, 0.15) is 26.8 Å². The lowest BCUT2D eigenvalue weighted by Gasteiger charge is -2.30. The summed E-state index contributed by atoms with van der Waals surface area (Å²) in [5.74, 6) is -2.24. The van der Waals surface area contributed by atoms with Crippen molar-refractivity contribution < 1.29 is 90.0 Å². The summed E-state index contributed by atoms with van der Waals surface area (Å²) in [5, 5.41) is 9.20. The first kappa shape index (κ1) is 61.3. The molecule has 0 aromatic heterocycles. The predicted molar refractivity (Wildman–Crippen MR) is 267 cm³/mol. The minimum Gasteiger partial charge on any atom is -0.748 e. The second-order valence-electron chi connectivity index (χ2n) is 17.7. The zero-order chi connectivity index (χ0) is 53.9. The Morgan fingerprint density at radius 1 is 0.658 bits per heavy atom. The Balaban J connectivity index is 1.63. The highest BCUT2D eigenvalue weighted by atomic mass is 32.2. The molecule has 2 unspecified atom stereocenters. The number of nitrogens with zero attached hydrogens (tertiary/aromatic N) is 2. The first-order valence-corrected chi connectivity index (χ1v) is 29.6. The van der Waals surface area contributed by atoms with Gasteiger partial charge in [-0.25, -0.2) is 25.3 Å². The lowest BCUT2D eigenvalue weighted by Crippen LogP contribution is -2.32. The molecular weight excluding hydrogens is 1040 g/mol. The van der Waals surface area contributed by atoms with Crippen LogP contribution in [0.1, 0.15) is 76.3 Å². The van der Waals surface area contributed by atoms with E-state index in [4.69, 9.17) is 23.7 Å². The van der Waals surface area contributed by atoms with Crippen LogP contribution < -0.4 is 4.90 Å². The highest BCUT2D eigenvalue weighted by Crippen LogP contribution is 2.51. The minimum absolute atomic E-state index is 0.000465. The first-order valence-electron chi connectivity index (χ1n) is 23.6. The fourth-order valence-corrected chi connectivity index (χ4v) is 10.8. The van der Waals surface area contributed by atoms with Gasteiger partial charge in [0.05, 0.1) is 83.9 Å². The summed E-state index contributed by atoms with van der Waals surface area (Å²) in [6.45, 7) is 7.31. The molecule has 0 amide bonds. The molecule has 2 atom stereocenters. The molecule has 0 saturated carbocycles. The lowest BCUT2D eigenvalue weighted by molar-refractivity contribution is -0.437.